The highest BCUT2D eigenvalue weighted by Gasteiger charge is 2.22. The molecule has 2 saturated heterocycles. The zero-order valence-electron chi connectivity index (χ0n) is 16.7. The first-order valence-corrected chi connectivity index (χ1v) is 10.3. The number of anilines is 1. The maximum Gasteiger partial charge on any atom is 0.261 e. The fraction of sp³-hybridized carbons (Fsp3) is 0.619. The van der Waals surface area contributed by atoms with Gasteiger partial charge in [-0.15, -0.1) is 0 Å². The molecule has 1 aromatic carbocycles. The third-order valence-electron chi connectivity index (χ3n) is 5.94. The number of aromatic nitrogens is 2. The van der Waals surface area contributed by atoms with Crippen LogP contribution in [0.5, 0.6) is 0 Å². The monoisotopic (exact) mass is 386 g/mol. The Balaban J connectivity index is 1.40. The maximum absolute atomic E-state index is 12.6. The molecule has 152 valence electrons. The quantitative estimate of drug-likeness (QED) is 0.752. The lowest BCUT2D eigenvalue weighted by molar-refractivity contribution is 0.0517. The Morgan fingerprint density at radius 3 is 2.71 bits per heavy atom. The first kappa shape index (κ1) is 19.4. The van der Waals surface area contributed by atoms with E-state index < -0.39 is 0 Å². The van der Waals surface area contributed by atoms with Gasteiger partial charge >= 0.3 is 0 Å². The molecule has 2 aromatic rings. The molecule has 2 fully saturated rings. The minimum atomic E-state index is -0.00474. The average molecular weight is 386 g/mol. The normalized spacial score (nSPS) is 19.4. The highest BCUT2D eigenvalue weighted by Crippen LogP contribution is 2.22. The van der Waals surface area contributed by atoms with Crippen LogP contribution in [0.25, 0.3) is 10.9 Å². The van der Waals surface area contributed by atoms with Crippen molar-refractivity contribution in [3.05, 3.63) is 34.9 Å². The van der Waals surface area contributed by atoms with Gasteiger partial charge in [-0.05, 0) is 37.0 Å². The molecule has 0 amide bonds. The average Bonchev–Trinajstić information content (AvgIpc) is 2.74. The predicted octanol–water partition coefficient (Wildman–Crippen LogP) is 1.59. The molecule has 2 aliphatic rings. The number of nitrogens with zero attached hydrogens (tertiary/aromatic N) is 4. The van der Waals surface area contributed by atoms with Crippen LogP contribution in [0.15, 0.2) is 29.3 Å². The van der Waals surface area contributed by atoms with Gasteiger partial charge in [0.1, 0.15) is 0 Å². The fourth-order valence-corrected chi connectivity index (χ4v) is 4.18. The van der Waals surface area contributed by atoms with Gasteiger partial charge in [0.2, 0.25) is 0 Å². The number of piperazine rings is 1. The van der Waals surface area contributed by atoms with Crippen molar-refractivity contribution < 1.29 is 9.47 Å². The van der Waals surface area contributed by atoms with Crippen molar-refractivity contribution in [1.29, 1.82) is 0 Å². The molecule has 1 aromatic heterocycles. The van der Waals surface area contributed by atoms with Crippen molar-refractivity contribution in [2.75, 3.05) is 64.6 Å². The minimum absolute atomic E-state index is 0.00474. The van der Waals surface area contributed by atoms with E-state index in [1.54, 1.807) is 18.0 Å². The predicted molar refractivity (Wildman–Crippen MR) is 110 cm³/mol. The van der Waals surface area contributed by atoms with Crippen LogP contribution >= 0.6 is 0 Å². The van der Waals surface area contributed by atoms with Crippen LogP contribution in [0.4, 0.5) is 5.69 Å². The first-order valence-electron chi connectivity index (χ1n) is 10.3. The van der Waals surface area contributed by atoms with E-state index >= 15 is 0 Å². The van der Waals surface area contributed by atoms with Gasteiger partial charge in [-0.3, -0.25) is 14.3 Å². The minimum Gasteiger partial charge on any atom is -0.383 e. The summed E-state index contributed by atoms with van der Waals surface area (Å²) in [5.41, 5.74) is 1.91. The van der Waals surface area contributed by atoms with E-state index in [2.05, 4.69) is 20.9 Å². The summed E-state index contributed by atoms with van der Waals surface area (Å²) >= 11 is 0. The standard InChI is InChI=1S/C21H30N4O3/c1-27-13-10-25-16-22-20-14-18(2-3-19(20)21(25)26)24-8-6-23(7-9-24)15-17-4-11-28-12-5-17/h2-3,14,16-17H,4-13,15H2,1H3. The largest absolute Gasteiger partial charge is 0.383 e. The summed E-state index contributed by atoms with van der Waals surface area (Å²) in [6.07, 6.45) is 4.01. The van der Waals surface area contributed by atoms with Crippen LogP contribution in [0.1, 0.15) is 12.8 Å². The molecule has 4 rings (SSSR count). The van der Waals surface area contributed by atoms with E-state index in [4.69, 9.17) is 9.47 Å². The highest BCUT2D eigenvalue weighted by molar-refractivity contribution is 5.81. The lowest BCUT2D eigenvalue weighted by Crippen LogP contribution is -2.48. The number of hydrogen-bond donors (Lipinski definition) is 0. The van der Waals surface area contributed by atoms with Gasteiger partial charge in [-0.1, -0.05) is 0 Å². The summed E-state index contributed by atoms with van der Waals surface area (Å²) in [6, 6.07) is 6.02. The van der Waals surface area contributed by atoms with Crippen molar-refractivity contribution in [3.63, 3.8) is 0 Å². The van der Waals surface area contributed by atoms with Gasteiger partial charge in [0, 0.05) is 58.7 Å². The first-order chi connectivity index (χ1) is 13.7. The lowest BCUT2D eigenvalue weighted by Gasteiger charge is -2.38. The number of ether oxygens (including phenoxy) is 2. The SMILES string of the molecule is COCCn1cnc2cc(N3CCN(CC4CCOCC4)CC3)ccc2c1=O. The van der Waals surface area contributed by atoms with Gasteiger partial charge in [0.15, 0.2) is 0 Å². The molecule has 2 aliphatic heterocycles. The van der Waals surface area contributed by atoms with Crippen LogP contribution in [0.2, 0.25) is 0 Å². The zero-order chi connectivity index (χ0) is 19.3. The molecule has 28 heavy (non-hydrogen) atoms. The molecule has 0 bridgehead atoms. The third kappa shape index (κ3) is 4.37. The second-order valence-corrected chi connectivity index (χ2v) is 7.78. The van der Waals surface area contributed by atoms with E-state index in [0.29, 0.717) is 18.5 Å². The van der Waals surface area contributed by atoms with Crippen molar-refractivity contribution >= 4 is 16.6 Å². The van der Waals surface area contributed by atoms with Gasteiger partial charge < -0.3 is 14.4 Å². The van der Waals surface area contributed by atoms with Crippen LogP contribution in [-0.4, -0.2) is 74.1 Å². The zero-order valence-corrected chi connectivity index (χ0v) is 16.7. The Hall–Kier alpha value is -1.96. The van der Waals surface area contributed by atoms with E-state index in [-0.39, 0.29) is 5.56 Å². The summed E-state index contributed by atoms with van der Waals surface area (Å²) in [6.45, 7) is 8.25. The van der Waals surface area contributed by atoms with Gasteiger partial charge in [-0.25, -0.2) is 4.98 Å². The Morgan fingerprint density at radius 2 is 1.96 bits per heavy atom. The van der Waals surface area contributed by atoms with E-state index in [9.17, 15) is 4.79 Å². The fourth-order valence-electron chi connectivity index (χ4n) is 4.18. The molecule has 0 N–H and O–H groups in total. The molecule has 0 unspecified atom stereocenters. The second kappa shape index (κ2) is 9.03. The van der Waals surface area contributed by atoms with Gasteiger partial charge in [0.05, 0.1) is 30.4 Å². The Morgan fingerprint density at radius 1 is 1.18 bits per heavy atom. The molecule has 7 heteroatoms. The Bertz CT molecular complexity index is 839. The molecule has 0 saturated carbocycles. The summed E-state index contributed by atoms with van der Waals surface area (Å²) in [4.78, 5) is 22.1. The number of rotatable bonds is 6. The van der Waals surface area contributed by atoms with Crippen molar-refractivity contribution in [1.82, 2.24) is 14.5 Å². The van der Waals surface area contributed by atoms with Crippen LogP contribution in [0.3, 0.4) is 0 Å². The van der Waals surface area contributed by atoms with Gasteiger partial charge in [-0.2, -0.15) is 0 Å². The number of fused-ring (bicyclic) bond motifs is 1. The van der Waals surface area contributed by atoms with Crippen LogP contribution in [-0.2, 0) is 16.0 Å². The second-order valence-electron chi connectivity index (χ2n) is 7.78. The van der Waals surface area contributed by atoms with Crippen LogP contribution in [0, 0.1) is 5.92 Å². The third-order valence-corrected chi connectivity index (χ3v) is 5.94. The van der Waals surface area contributed by atoms with E-state index in [1.807, 2.05) is 12.1 Å². The topological polar surface area (TPSA) is 59.8 Å². The van der Waals surface area contributed by atoms with E-state index in [1.165, 1.54) is 19.4 Å². The molecule has 0 radical (unpaired) electrons. The van der Waals surface area contributed by atoms with Gasteiger partial charge in [0.25, 0.3) is 5.56 Å². The number of methoxy groups -OCH3 is 1. The van der Waals surface area contributed by atoms with Crippen LogP contribution < -0.4 is 10.5 Å². The molecular formula is C21H30N4O3. The highest BCUT2D eigenvalue weighted by atomic mass is 16.5. The lowest BCUT2D eigenvalue weighted by atomic mass is 9.99. The maximum atomic E-state index is 12.6. The summed E-state index contributed by atoms with van der Waals surface area (Å²) < 4.78 is 12.1. The molecule has 0 atom stereocenters. The number of hydrogen-bond acceptors (Lipinski definition) is 6. The van der Waals surface area contributed by atoms with Crippen molar-refractivity contribution in [2.24, 2.45) is 5.92 Å². The summed E-state index contributed by atoms with van der Waals surface area (Å²) in [5.74, 6) is 0.783. The molecule has 0 aliphatic carbocycles. The molecular weight excluding hydrogens is 356 g/mol. The molecule has 3 heterocycles. The molecule has 7 nitrogen and oxygen atoms in total. The summed E-state index contributed by atoms with van der Waals surface area (Å²) in [5, 5.41) is 0.667. The Kier molecular flexibility index (Phi) is 6.24. The van der Waals surface area contributed by atoms with E-state index in [0.717, 1.165) is 56.5 Å². The number of benzene rings is 1. The molecule has 0 spiro atoms. The summed E-state index contributed by atoms with van der Waals surface area (Å²) in [7, 11) is 1.63. The van der Waals surface area contributed by atoms with Crippen molar-refractivity contribution in [2.45, 2.75) is 19.4 Å². The Labute approximate surface area is 165 Å². The smallest absolute Gasteiger partial charge is 0.261 e. The van der Waals surface area contributed by atoms with Crippen molar-refractivity contribution in [3.8, 4) is 0 Å².